The molecule has 0 saturated carbocycles. The van der Waals surface area contributed by atoms with Gasteiger partial charge in [-0.3, -0.25) is 14.4 Å². The van der Waals surface area contributed by atoms with E-state index in [0.717, 1.165) is 0 Å². The summed E-state index contributed by atoms with van der Waals surface area (Å²) < 4.78 is 5.03. The fraction of sp³-hybridized carbons (Fsp3) is 0.421. The molecule has 1 unspecified atom stereocenters. The van der Waals surface area contributed by atoms with Crippen molar-refractivity contribution in [3.05, 3.63) is 34.9 Å². The molecule has 1 aromatic carbocycles. The third kappa shape index (κ3) is 8.52. The molecule has 0 aromatic heterocycles. The lowest BCUT2D eigenvalue weighted by atomic mass is 10.0. The lowest BCUT2D eigenvalue weighted by molar-refractivity contribution is -0.152. The first-order chi connectivity index (χ1) is 13.4. The average Bonchev–Trinajstić information content (AvgIpc) is 2.66. The molecule has 0 saturated heterocycles. The van der Waals surface area contributed by atoms with Crippen LogP contribution in [-0.2, 0) is 19.1 Å². The summed E-state index contributed by atoms with van der Waals surface area (Å²) in [5, 5.41) is 20.5. The summed E-state index contributed by atoms with van der Waals surface area (Å²) in [7, 11) is 0. The van der Waals surface area contributed by atoms with Gasteiger partial charge < -0.3 is 15.0 Å². The number of ether oxygens (including phenoxy) is 1. The van der Waals surface area contributed by atoms with Crippen molar-refractivity contribution in [3.8, 4) is 12.1 Å². The second kappa shape index (κ2) is 12.3. The van der Waals surface area contributed by atoms with Gasteiger partial charge in [0.15, 0.2) is 6.61 Å². The van der Waals surface area contributed by atoms with Gasteiger partial charge in [-0.05, 0) is 17.7 Å². The molecule has 0 bridgehead atoms. The molecule has 0 spiro atoms. The highest BCUT2D eigenvalue weighted by Gasteiger charge is 2.20. The Kier molecular flexibility index (Phi) is 10.1. The Bertz CT molecular complexity index is 750. The van der Waals surface area contributed by atoms with Crippen molar-refractivity contribution in [2.45, 2.75) is 32.2 Å². The van der Waals surface area contributed by atoms with E-state index in [-0.39, 0.29) is 38.3 Å². The van der Waals surface area contributed by atoms with Crippen molar-refractivity contribution in [1.29, 1.82) is 10.5 Å². The van der Waals surface area contributed by atoms with E-state index in [9.17, 15) is 14.4 Å². The molecule has 1 aromatic rings. The van der Waals surface area contributed by atoms with Crippen LogP contribution >= 0.6 is 11.6 Å². The van der Waals surface area contributed by atoms with Crippen LogP contribution in [-0.4, -0.2) is 42.4 Å². The van der Waals surface area contributed by atoms with Crippen LogP contribution in [0.2, 0.25) is 5.02 Å². The number of nitrogens with zero attached hydrogens (tertiary/aromatic N) is 3. The van der Waals surface area contributed by atoms with Crippen molar-refractivity contribution in [3.63, 3.8) is 0 Å². The maximum absolute atomic E-state index is 12.2. The average molecular weight is 405 g/mol. The first kappa shape index (κ1) is 22.9. The van der Waals surface area contributed by atoms with Crippen LogP contribution in [0.5, 0.6) is 0 Å². The van der Waals surface area contributed by atoms with E-state index in [1.807, 2.05) is 12.1 Å². The van der Waals surface area contributed by atoms with Crippen molar-refractivity contribution < 1.29 is 19.1 Å². The molecular weight excluding hydrogens is 384 g/mol. The molecule has 0 aliphatic carbocycles. The molecular formula is C19H21ClN4O4. The van der Waals surface area contributed by atoms with E-state index in [1.54, 1.807) is 24.3 Å². The van der Waals surface area contributed by atoms with Gasteiger partial charge in [0, 0.05) is 25.0 Å². The number of hydrogen-bond donors (Lipinski definition) is 1. The van der Waals surface area contributed by atoms with Gasteiger partial charge in [-0.1, -0.05) is 23.7 Å². The Morgan fingerprint density at radius 3 is 2.21 bits per heavy atom. The smallest absolute Gasteiger partial charge is 0.308 e. The van der Waals surface area contributed by atoms with Gasteiger partial charge in [-0.15, -0.1) is 0 Å². The van der Waals surface area contributed by atoms with Gasteiger partial charge in [0.2, 0.25) is 5.91 Å². The van der Waals surface area contributed by atoms with Gasteiger partial charge in [-0.2, -0.15) is 10.5 Å². The normalized spacial score (nSPS) is 10.9. The van der Waals surface area contributed by atoms with Gasteiger partial charge in [0.25, 0.3) is 5.91 Å². The number of nitriles is 2. The monoisotopic (exact) mass is 404 g/mol. The maximum Gasteiger partial charge on any atom is 0.308 e. The Hall–Kier alpha value is -3.10. The van der Waals surface area contributed by atoms with E-state index in [0.29, 0.717) is 10.6 Å². The zero-order chi connectivity index (χ0) is 20.9. The molecule has 1 atom stereocenters. The fourth-order valence-electron chi connectivity index (χ4n) is 2.38. The number of halogens is 1. The first-order valence-electron chi connectivity index (χ1n) is 8.57. The minimum atomic E-state index is -0.664. The Balaban J connectivity index is 2.66. The quantitative estimate of drug-likeness (QED) is 0.595. The SMILES string of the molecule is CC(=O)NC(CC(=O)OCC(=O)N(CCC#N)CCC#N)c1ccc(Cl)cc1. The summed E-state index contributed by atoms with van der Waals surface area (Å²) in [5.74, 6) is -1.47. The topological polar surface area (TPSA) is 123 Å². The lowest BCUT2D eigenvalue weighted by Crippen LogP contribution is -2.36. The third-order valence-electron chi connectivity index (χ3n) is 3.72. The number of esters is 1. The van der Waals surface area contributed by atoms with Crippen molar-refractivity contribution in [2.24, 2.45) is 0 Å². The van der Waals surface area contributed by atoms with Gasteiger partial charge in [0.05, 0.1) is 37.4 Å². The summed E-state index contributed by atoms with van der Waals surface area (Å²) in [6, 6.07) is 9.89. The summed E-state index contributed by atoms with van der Waals surface area (Å²) in [4.78, 5) is 37.1. The molecule has 28 heavy (non-hydrogen) atoms. The summed E-state index contributed by atoms with van der Waals surface area (Å²) >= 11 is 5.85. The molecule has 148 valence electrons. The number of benzene rings is 1. The molecule has 0 radical (unpaired) electrons. The second-order valence-corrected chi connectivity index (χ2v) is 6.30. The van der Waals surface area contributed by atoms with Crippen LogP contribution in [0.1, 0.15) is 37.8 Å². The number of amides is 2. The zero-order valence-corrected chi connectivity index (χ0v) is 16.2. The minimum Gasteiger partial charge on any atom is -0.455 e. The summed E-state index contributed by atoms with van der Waals surface area (Å²) in [5.41, 5.74) is 0.674. The van der Waals surface area contributed by atoms with E-state index >= 15 is 0 Å². The number of carbonyl (C=O) groups is 3. The third-order valence-corrected chi connectivity index (χ3v) is 3.97. The predicted molar refractivity (Wildman–Crippen MR) is 101 cm³/mol. The Morgan fingerprint density at radius 1 is 1.14 bits per heavy atom. The molecule has 1 rings (SSSR count). The molecule has 8 nitrogen and oxygen atoms in total. The van der Waals surface area contributed by atoms with E-state index in [1.165, 1.54) is 11.8 Å². The number of hydrogen-bond acceptors (Lipinski definition) is 6. The van der Waals surface area contributed by atoms with Crippen LogP contribution < -0.4 is 5.32 Å². The Morgan fingerprint density at radius 2 is 1.71 bits per heavy atom. The molecule has 0 aliphatic rings. The number of carbonyl (C=O) groups excluding carboxylic acids is 3. The number of rotatable bonds is 10. The molecule has 0 heterocycles. The fourth-order valence-corrected chi connectivity index (χ4v) is 2.51. The highest BCUT2D eigenvalue weighted by Crippen LogP contribution is 2.20. The van der Waals surface area contributed by atoms with Gasteiger partial charge >= 0.3 is 5.97 Å². The lowest BCUT2D eigenvalue weighted by Gasteiger charge is -2.21. The van der Waals surface area contributed by atoms with Gasteiger partial charge in [0.1, 0.15) is 0 Å². The highest BCUT2D eigenvalue weighted by molar-refractivity contribution is 6.30. The maximum atomic E-state index is 12.2. The number of nitrogens with one attached hydrogen (secondary N) is 1. The van der Waals surface area contributed by atoms with Crippen molar-refractivity contribution in [2.75, 3.05) is 19.7 Å². The van der Waals surface area contributed by atoms with Crippen molar-refractivity contribution in [1.82, 2.24) is 10.2 Å². The van der Waals surface area contributed by atoms with E-state index < -0.39 is 24.5 Å². The van der Waals surface area contributed by atoms with Crippen LogP contribution in [0.25, 0.3) is 0 Å². The summed E-state index contributed by atoms with van der Waals surface area (Å²) in [6.07, 6.45) is 0.0729. The van der Waals surface area contributed by atoms with Gasteiger partial charge in [-0.25, -0.2) is 0 Å². The molecule has 2 amide bonds. The molecule has 1 N–H and O–H groups in total. The highest BCUT2D eigenvalue weighted by atomic mass is 35.5. The molecule has 0 fully saturated rings. The predicted octanol–water partition coefficient (Wildman–Crippen LogP) is 2.11. The van der Waals surface area contributed by atoms with E-state index in [2.05, 4.69) is 5.32 Å². The Labute approximate surface area is 168 Å². The zero-order valence-electron chi connectivity index (χ0n) is 15.5. The second-order valence-electron chi connectivity index (χ2n) is 5.87. The van der Waals surface area contributed by atoms with Crippen molar-refractivity contribution >= 4 is 29.4 Å². The van der Waals surface area contributed by atoms with Crippen LogP contribution in [0.4, 0.5) is 0 Å². The van der Waals surface area contributed by atoms with Crippen LogP contribution in [0.15, 0.2) is 24.3 Å². The summed E-state index contributed by atoms with van der Waals surface area (Å²) in [6.45, 7) is 1.16. The minimum absolute atomic E-state index is 0.117. The largest absolute Gasteiger partial charge is 0.455 e. The molecule has 0 aliphatic heterocycles. The molecule has 9 heteroatoms. The standard InChI is InChI=1S/C19H21ClN4O4/c1-14(25)23-17(15-4-6-16(20)7-5-15)12-19(27)28-13-18(26)24(10-2-8-21)11-3-9-22/h4-7,17H,2-3,10-13H2,1H3,(H,23,25). The first-order valence-corrected chi connectivity index (χ1v) is 8.95. The van der Waals surface area contributed by atoms with Crippen LogP contribution in [0.3, 0.4) is 0 Å². The van der Waals surface area contributed by atoms with E-state index in [4.69, 9.17) is 26.9 Å². The van der Waals surface area contributed by atoms with Crippen LogP contribution in [0, 0.1) is 22.7 Å².